The van der Waals surface area contributed by atoms with Crippen molar-refractivity contribution in [3.05, 3.63) is 69.9 Å². The molecule has 0 saturated carbocycles. The van der Waals surface area contributed by atoms with E-state index in [0.29, 0.717) is 4.47 Å². The molecule has 0 amide bonds. The summed E-state index contributed by atoms with van der Waals surface area (Å²) >= 11 is 3.29. The van der Waals surface area contributed by atoms with Gasteiger partial charge in [-0.25, -0.2) is 4.39 Å². The highest BCUT2D eigenvalue weighted by atomic mass is 79.9. The third-order valence-corrected chi connectivity index (χ3v) is 4.53. The number of benzene rings is 2. The maximum absolute atomic E-state index is 13.5. The highest BCUT2D eigenvalue weighted by molar-refractivity contribution is 9.10. The van der Waals surface area contributed by atoms with Crippen LogP contribution >= 0.6 is 15.9 Å². The van der Waals surface area contributed by atoms with Gasteiger partial charge in [0.05, 0.1) is 4.47 Å². The first kappa shape index (κ1) is 16.2. The van der Waals surface area contributed by atoms with Gasteiger partial charge in [-0.2, -0.15) is 0 Å². The van der Waals surface area contributed by atoms with Crippen LogP contribution in [0.1, 0.15) is 37.9 Å². The number of hydrogen-bond donors (Lipinski definition) is 1. The Morgan fingerprint density at radius 2 is 1.81 bits per heavy atom. The van der Waals surface area contributed by atoms with Gasteiger partial charge in [0, 0.05) is 11.5 Å². The molecule has 0 fully saturated rings. The molecule has 0 spiro atoms. The lowest BCUT2D eigenvalue weighted by Crippen LogP contribution is -2.37. The van der Waals surface area contributed by atoms with Gasteiger partial charge in [0.25, 0.3) is 0 Å². The van der Waals surface area contributed by atoms with Gasteiger partial charge < -0.3 is 5.32 Å². The van der Waals surface area contributed by atoms with Crippen molar-refractivity contribution in [2.45, 2.75) is 32.2 Å². The molecule has 0 radical (unpaired) electrons. The zero-order chi connectivity index (χ0) is 15.5. The second kappa shape index (κ2) is 6.71. The highest BCUT2D eigenvalue weighted by Gasteiger charge is 2.32. The van der Waals surface area contributed by atoms with Crippen molar-refractivity contribution < 1.29 is 4.39 Å². The summed E-state index contributed by atoms with van der Waals surface area (Å²) in [6, 6.07) is 15.8. The number of halogens is 2. The molecule has 1 unspecified atom stereocenters. The van der Waals surface area contributed by atoms with Crippen LogP contribution in [0, 0.1) is 5.82 Å². The molecular formula is C18H21BrFN. The minimum absolute atomic E-state index is 0.103. The second-order valence-electron chi connectivity index (χ2n) is 5.75. The summed E-state index contributed by atoms with van der Waals surface area (Å²) in [5.41, 5.74) is 2.24. The molecule has 21 heavy (non-hydrogen) atoms. The third-order valence-electron chi connectivity index (χ3n) is 3.92. The van der Waals surface area contributed by atoms with Crippen LogP contribution in [0.25, 0.3) is 0 Å². The zero-order valence-electron chi connectivity index (χ0n) is 12.7. The van der Waals surface area contributed by atoms with Gasteiger partial charge in [-0.1, -0.05) is 57.2 Å². The minimum atomic E-state index is -0.230. The summed E-state index contributed by atoms with van der Waals surface area (Å²) in [4.78, 5) is 0. The Morgan fingerprint density at radius 3 is 2.38 bits per heavy atom. The Bertz CT molecular complexity index is 595. The van der Waals surface area contributed by atoms with Crippen LogP contribution in [0.2, 0.25) is 0 Å². The van der Waals surface area contributed by atoms with Crippen molar-refractivity contribution >= 4 is 15.9 Å². The van der Waals surface area contributed by atoms with E-state index < -0.39 is 0 Å². The predicted molar refractivity (Wildman–Crippen MR) is 90.0 cm³/mol. The van der Waals surface area contributed by atoms with Crippen LogP contribution in [0.5, 0.6) is 0 Å². The summed E-state index contributed by atoms with van der Waals surface area (Å²) in [6.07, 6.45) is 0. The first-order valence-corrected chi connectivity index (χ1v) is 8.00. The lowest BCUT2D eigenvalue weighted by atomic mass is 9.75. The van der Waals surface area contributed by atoms with Crippen LogP contribution in [0.15, 0.2) is 53.0 Å². The zero-order valence-corrected chi connectivity index (χ0v) is 14.2. The van der Waals surface area contributed by atoms with Gasteiger partial charge in [0.15, 0.2) is 0 Å². The summed E-state index contributed by atoms with van der Waals surface area (Å²) in [5, 5.41) is 3.54. The van der Waals surface area contributed by atoms with E-state index in [1.54, 1.807) is 0 Å². The largest absolute Gasteiger partial charge is 0.309 e. The van der Waals surface area contributed by atoms with Crippen molar-refractivity contribution in [3.63, 3.8) is 0 Å². The van der Waals surface area contributed by atoms with Crippen molar-refractivity contribution in [2.24, 2.45) is 0 Å². The number of likely N-dealkylation sites (N-methyl/N-ethyl adjacent to an activating group) is 1. The molecule has 2 aromatic rings. The van der Waals surface area contributed by atoms with Gasteiger partial charge in [-0.05, 0) is 45.7 Å². The van der Waals surface area contributed by atoms with E-state index >= 15 is 0 Å². The quantitative estimate of drug-likeness (QED) is 0.780. The molecule has 0 aliphatic carbocycles. The Morgan fingerprint density at radius 1 is 1.14 bits per heavy atom. The molecule has 0 bridgehead atoms. The first-order chi connectivity index (χ1) is 9.96. The molecule has 0 aromatic heterocycles. The monoisotopic (exact) mass is 349 g/mol. The summed E-state index contributed by atoms with van der Waals surface area (Å²) in [6.45, 7) is 7.38. The summed E-state index contributed by atoms with van der Waals surface area (Å²) < 4.78 is 14.0. The fourth-order valence-corrected chi connectivity index (χ4v) is 3.12. The molecule has 1 nitrogen and oxygen atoms in total. The molecule has 0 aliphatic heterocycles. The Balaban J connectivity index is 2.44. The second-order valence-corrected chi connectivity index (χ2v) is 6.61. The van der Waals surface area contributed by atoms with Crippen LogP contribution in [-0.2, 0) is 5.41 Å². The molecule has 0 saturated heterocycles. The fraction of sp³-hybridized carbons (Fsp3) is 0.333. The average molecular weight is 350 g/mol. The van der Waals surface area contributed by atoms with Crippen molar-refractivity contribution in [1.29, 1.82) is 0 Å². The van der Waals surface area contributed by atoms with Crippen molar-refractivity contribution in [3.8, 4) is 0 Å². The van der Waals surface area contributed by atoms with Gasteiger partial charge in [-0.15, -0.1) is 0 Å². The SMILES string of the molecule is CCNC(c1ccc(F)c(Br)c1)C(C)(C)c1ccccc1. The molecule has 3 heteroatoms. The lowest BCUT2D eigenvalue weighted by Gasteiger charge is -2.36. The fourth-order valence-electron chi connectivity index (χ4n) is 2.72. The predicted octanol–water partition coefficient (Wildman–Crippen LogP) is 5.22. The van der Waals surface area contributed by atoms with E-state index in [1.807, 2.05) is 18.2 Å². The van der Waals surface area contributed by atoms with E-state index in [-0.39, 0.29) is 17.3 Å². The summed E-state index contributed by atoms with van der Waals surface area (Å²) in [5.74, 6) is -0.230. The normalized spacial score (nSPS) is 13.2. The Hall–Kier alpha value is -1.19. The van der Waals surface area contributed by atoms with E-state index in [0.717, 1.165) is 12.1 Å². The third kappa shape index (κ3) is 3.53. The van der Waals surface area contributed by atoms with Gasteiger partial charge in [0.2, 0.25) is 0 Å². The Labute approximate surface area is 134 Å². The molecular weight excluding hydrogens is 329 g/mol. The standard InChI is InChI=1S/C18H21BrFN/c1-4-21-17(13-10-11-16(20)15(19)12-13)18(2,3)14-8-6-5-7-9-14/h5-12,17,21H,4H2,1-3H3. The maximum atomic E-state index is 13.5. The molecule has 112 valence electrons. The van der Waals surface area contributed by atoms with E-state index in [9.17, 15) is 4.39 Å². The highest BCUT2D eigenvalue weighted by Crippen LogP contribution is 2.37. The first-order valence-electron chi connectivity index (χ1n) is 7.20. The van der Waals surface area contributed by atoms with Crippen molar-refractivity contribution in [1.82, 2.24) is 5.32 Å². The van der Waals surface area contributed by atoms with Gasteiger partial charge in [0.1, 0.15) is 5.82 Å². The van der Waals surface area contributed by atoms with Crippen LogP contribution in [-0.4, -0.2) is 6.54 Å². The minimum Gasteiger partial charge on any atom is -0.309 e. The molecule has 1 atom stereocenters. The molecule has 2 rings (SSSR count). The van der Waals surface area contributed by atoms with Gasteiger partial charge in [-0.3, -0.25) is 0 Å². The van der Waals surface area contributed by atoms with Crippen LogP contribution in [0.4, 0.5) is 4.39 Å². The molecule has 0 aliphatic rings. The topological polar surface area (TPSA) is 12.0 Å². The van der Waals surface area contributed by atoms with Crippen LogP contribution in [0.3, 0.4) is 0 Å². The Kier molecular flexibility index (Phi) is 5.17. The molecule has 2 aromatic carbocycles. The molecule has 1 N–H and O–H groups in total. The number of rotatable bonds is 5. The lowest BCUT2D eigenvalue weighted by molar-refractivity contribution is 0.353. The van der Waals surface area contributed by atoms with Crippen LogP contribution < -0.4 is 5.32 Å². The molecule has 0 heterocycles. The number of hydrogen-bond acceptors (Lipinski definition) is 1. The maximum Gasteiger partial charge on any atom is 0.137 e. The van der Waals surface area contributed by atoms with E-state index in [4.69, 9.17) is 0 Å². The van der Waals surface area contributed by atoms with E-state index in [2.05, 4.69) is 66.3 Å². The smallest absolute Gasteiger partial charge is 0.137 e. The number of nitrogens with one attached hydrogen (secondary N) is 1. The average Bonchev–Trinajstić information content (AvgIpc) is 2.48. The summed E-state index contributed by atoms with van der Waals surface area (Å²) in [7, 11) is 0. The van der Waals surface area contributed by atoms with Gasteiger partial charge >= 0.3 is 0 Å². The van der Waals surface area contributed by atoms with Crippen molar-refractivity contribution in [2.75, 3.05) is 6.54 Å². The van der Waals surface area contributed by atoms with E-state index in [1.165, 1.54) is 11.6 Å².